The average Bonchev–Trinajstić information content (AvgIpc) is 2.29. The van der Waals surface area contributed by atoms with Crippen molar-refractivity contribution in [2.45, 2.75) is 44.8 Å². The van der Waals surface area contributed by atoms with Gasteiger partial charge in [-0.2, -0.15) is 0 Å². The van der Waals surface area contributed by atoms with Crippen molar-refractivity contribution in [2.75, 3.05) is 11.9 Å². The van der Waals surface area contributed by atoms with Crippen molar-refractivity contribution in [3.8, 4) is 0 Å². The maximum Gasteiger partial charge on any atom is 0.0743 e. The van der Waals surface area contributed by atoms with Crippen LogP contribution in [0.2, 0.25) is 0 Å². The number of hydrogen-bond acceptors (Lipinski definition) is 2. The van der Waals surface area contributed by atoms with Gasteiger partial charge >= 0.3 is 0 Å². The zero-order valence-corrected chi connectivity index (χ0v) is 10.2. The van der Waals surface area contributed by atoms with Crippen LogP contribution < -0.4 is 4.90 Å². The molecule has 0 radical (unpaired) electrons. The molecule has 1 saturated carbocycles. The second-order valence-electron chi connectivity index (χ2n) is 4.87. The molecule has 0 spiro atoms. The molecule has 1 aliphatic rings. The Kier molecular flexibility index (Phi) is 3.49. The Balaban J connectivity index is 2.14. The summed E-state index contributed by atoms with van der Waals surface area (Å²) in [5.41, 5.74) is 2.49. The highest BCUT2D eigenvalue weighted by molar-refractivity contribution is 5.48. The van der Waals surface area contributed by atoms with E-state index in [1.807, 2.05) is 0 Å². The number of aliphatic hydroxyl groups is 1. The number of rotatable bonds is 2. The SMILES string of the molecule is Cc1cccc(N(C)[C@H]2CCCC[C@@H]2O)c1. The highest BCUT2D eigenvalue weighted by Gasteiger charge is 2.26. The van der Waals surface area contributed by atoms with E-state index in [9.17, 15) is 5.11 Å². The molecule has 0 aliphatic heterocycles. The molecule has 88 valence electrons. The summed E-state index contributed by atoms with van der Waals surface area (Å²) in [5, 5.41) is 10.0. The van der Waals surface area contributed by atoms with Crippen LogP contribution in [0, 0.1) is 6.92 Å². The number of likely N-dealkylation sites (N-methyl/N-ethyl adjacent to an activating group) is 1. The third kappa shape index (κ3) is 2.38. The van der Waals surface area contributed by atoms with Gasteiger partial charge in [0, 0.05) is 12.7 Å². The Labute approximate surface area is 97.9 Å². The second kappa shape index (κ2) is 4.88. The van der Waals surface area contributed by atoms with Gasteiger partial charge < -0.3 is 10.0 Å². The fraction of sp³-hybridized carbons (Fsp3) is 0.571. The van der Waals surface area contributed by atoms with Crippen LogP contribution in [0.3, 0.4) is 0 Å². The summed E-state index contributed by atoms with van der Waals surface area (Å²) < 4.78 is 0. The molecule has 2 atom stereocenters. The maximum absolute atomic E-state index is 10.0. The fourth-order valence-electron chi connectivity index (χ4n) is 2.58. The molecule has 2 rings (SSSR count). The van der Waals surface area contributed by atoms with E-state index in [-0.39, 0.29) is 12.1 Å². The molecule has 1 aromatic rings. The van der Waals surface area contributed by atoms with Crippen LogP contribution in [0.25, 0.3) is 0 Å². The molecule has 1 aliphatic carbocycles. The third-order valence-electron chi connectivity index (χ3n) is 3.60. The van der Waals surface area contributed by atoms with E-state index in [0.717, 1.165) is 12.8 Å². The lowest BCUT2D eigenvalue weighted by Gasteiger charge is -2.36. The molecule has 1 aromatic carbocycles. The van der Waals surface area contributed by atoms with Gasteiger partial charge in [-0.15, -0.1) is 0 Å². The Morgan fingerprint density at radius 1 is 1.25 bits per heavy atom. The van der Waals surface area contributed by atoms with Crippen LogP contribution >= 0.6 is 0 Å². The van der Waals surface area contributed by atoms with Crippen LogP contribution in [0.4, 0.5) is 5.69 Å². The molecule has 1 fully saturated rings. The highest BCUT2D eigenvalue weighted by Crippen LogP contribution is 2.26. The molecular weight excluding hydrogens is 198 g/mol. The first kappa shape index (κ1) is 11.5. The van der Waals surface area contributed by atoms with Crippen molar-refractivity contribution < 1.29 is 5.11 Å². The quantitative estimate of drug-likeness (QED) is 0.826. The van der Waals surface area contributed by atoms with Crippen molar-refractivity contribution in [3.05, 3.63) is 29.8 Å². The molecule has 0 saturated heterocycles. The Hall–Kier alpha value is -1.02. The van der Waals surface area contributed by atoms with Crippen molar-refractivity contribution in [3.63, 3.8) is 0 Å². The molecule has 2 heteroatoms. The first-order chi connectivity index (χ1) is 7.68. The molecule has 0 amide bonds. The van der Waals surface area contributed by atoms with E-state index in [1.165, 1.54) is 24.1 Å². The Morgan fingerprint density at radius 3 is 2.69 bits per heavy atom. The van der Waals surface area contributed by atoms with Gasteiger partial charge in [0.25, 0.3) is 0 Å². The van der Waals surface area contributed by atoms with Gasteiger partial charge in [0.15, 0.2) is 0 Å². The van der Waals surface area contributed by atoms with E-state index in [2.05, 4.69) is 43.1 Å². The van der Waals surface area contributed by atoms with Gasteiger partial charge in [-0.25, -0.2) is 0 Å². The minimum Gasteiger partial charge on any atom is -0.391 e. The van der Waals surface area contributed by atoms with Crippen molar-refractivity contribution in [1.29, 1.82) is 0 Å². The van der Waals surface area contributed by atoms with Gasteiger partial charge in [0.2, 0.25) is 0 Å². The summed E-state index contributed by atoms with van der Waals surface area (Å²) in [6.07, 6.45) is 4.28. The number of benzene rings is 1. The van der Waals surface area contributed by atoms with Crippen molar-refractivity contribution >= 4 is 5.69 Å². The van der Waals surface area contributed by atoms with Crippen LogP contribution in [-0.2, 0) is 0 Å². The third-order valence-corrected chi connectivity index (χ3v) is 3.60. The molecule has 1 N–H and O–H groups in total. The average molecular weight is 219 g/mol. The van der Waals surface area contributed by atoms with E-state index in [0.29, 0.717) is 0 Å². The molecule has 0 unspecified atom stereocenters. The number of nitrogens with zero attached hydrogens (tertiary/aromatic N) is 1. The summed E-state index contributed by atoms with van der Waals surface area (Å²) >= 11 is 0. The summed E-state index contributed by atoms with van der Waals surface area (Å²) in [6, 6.07) is 8.77. The van der Waals surface area contributed by atoms with E-state index in [4.69, 9.17) is 0 Å². The molecule has 0 bridgehead atoms. The van der Waals surface area contributed by atoms with Gasteiger partial charge in [-0.3, -0.25) is 0 Å². The van der Waals surface area contributed by atoms with E-state index < -0.39 is 0 Å². The lowest BCUT2D eigenvalue weighted by atomic mass is 9.91. The zero-order valence-electron chi connectivity index (χ0n) is 10.2. The number of aryl methyl sites for hydroxylation is 1. The first-order valence-corrected chi connectivity index (χ1v) is 6.16. The fourth-order valence-corrected chi connectivity index (χ4v) is 2.58. The minimum atomic E-state index is -0.167. The monoisotopic (exact) mass is 219 g/mol. The lowest BCUT2D eigenvalue weighted by molar-refractivity contribution is 0.106. The predicted octanol–water partition coefficient (Wildman–Crippen LogP) is 2.73. The number of anilines is 1. The van der Waals surface area contributed by atoms with Crippen LogP contribution in [0.15, 0.2) is 24.3 Å². The molecule has 2 nitrogen and oxygen atoms in total. The normalized spacial score (nSPS) is 25.4. The summed E-state index contributed by atoms with van der Waals surface area (Å²) in [4.78, 5) is 2.23. The zero-order chi connectivity index (χ0) is 11.5. The first-order valence-electron chi connectivity index (χ1n) is 6.16. The summed E-state index contributed by atoms with van der Waals surface area (Å²) in [5.74, 6) is 0. The molecule has 0 heterocycles. The van der Waals surface area contributed by atoms with E-state index in [1.54, 1.807) is 0 Å². The molecular formula is C14H21NO. The van der Waals surface area contributed by atoms with Crippen LogP contribution in [0.1, 0.15) is 31.2 Å². The van der Waals surface area contributed by atoms with Gasteiger partial charge in [0.1, 0.15) is 0 Å². The van der Waals surface area contributed by atoms with E-state index >= 15 is 0 Å². The largest absolute Gasteiger partial charge is 0.391 e. The van der Waals surface area contributed by atoms with Crippen molar-refractivity contribution in [1.82, 2.24) is 0 Å². The maximum atomic E-state index is 10.0. The highest BCUT2D eigenvalue weighted by atomic mass is 16.3. The van der Waals surface area contributed by atoms with Crippen molar-refractivity contribution in [2.24, 2.45) is 0 Å². The topological polar surface area (TPSA) is 23.5 Å². The summed E-state index contributed by atoms with van der Waals surface area (Å²) in [6.45, 7) is 2.11. The standard InChI is InChI=1S/C14H21NO/c1-11-6-5-7-12(10-11)15(2)13-8-3-4-9-14(13)16/h5-7,10,13-14,16H,3-4,8-9H2,1-2H3/t13-,14-/m0/s1. The summed E-state index contributed by atoms with van der Waals surface area (Å²) in [7, 11) is 2.09. The predicted molar refractivity (Wildman–Crippen MR) is 67.8 cm³/mol. The molecule has 0 aromatic heterocycles. The van der Waals surface area contributed by atoms with Gasteiger partial charge in [-0.1, -0.05) is 25.0 Å². The smallest absolute Gasteiger partial charge is 0.0743 e. The minimum absolute atomic E-state index is 0.167. The second-order valence-corrected chi connectivity index (χ2v) is 4.87. The lowest BCUT2D eigenvalue weighted by Crippen LogP contribution is -2.43. The van der Waals surface area contributed by atoms with Crippen LogP contribution in [-0.4, -0.2) is 24.3 Å². The Bertz CT molecular complexity index is 350. The Morgan fingerprint density at radius 2 is 2.00 bits per heavy atom. The van der Waals surface area contributed by atoms with Gasteiger partial charge in [-0.05, 0) is 37.5 Å². The number of hydrogen-bond donors (Lipinski definition) is 1. The molecule has 16 heavy (non-hydrogen) atoms. The van der Waals surface area contributed by atoms with Gasteiger partial charge in [0.05, 0.1) is 12.1 Å². The van der Waals surface area contributed by atoms with Crippen LogP contribution in [0.5, 0.6) is 0 Å². The number of aliphatic hydroxyl groups excluding tert-OH is 1.